The maximum absolute atomic E-state index is 10.7. The van der Waals surface area contributed by atoms with E-state index in [4.69, 9.17) is 0 Å². The Kier molecular flexibility index (Phi) is 136. The molecular formula is C41H96O7. The average molecular weight is 701 g/mol. The van der Waals surface area contributed by atoms with Gasteiger partial charge in [0, 0.05) is 33.1 Å². The zero-order chi connectivity index (χ0) is 26.7. The third kappa shape index (κ3) is 74.2. The van der Waals surface area contributed by atoms with Crippen LogP contribution in [0.25, 0.3) is 0 Å². The van der Waals surface area contributed by atoms with Gasteiger partial charge in [0.2, 0.25) is 0 Å². The first-order valence-electron chi connectivity index (χ1n) is 11.7. The lowest BCUT2D eigenvalue weighted by molar-refractivity contribution is -0.137. The number of Topliss-reactive ketones (excluding diaryl/α,β-unsaturated/α-hetero) is 6. The van der Waals surface area contributed by atoms with Crippen molar-refractivity contribution in [1.29, 1.82) is 0 Å². The molecule has 0 aromatic carbocycles. The fraction of sp³-hybridized carbons (Fsp3) is 0.732. The van der Waals surface area contributed by atoms with Crippen LogP contribution in [0.2, 0.25) is 0 Å². The van der Waals surface area contributed by atoms with Crippen LogP contribution in [0.5, 0.6) is 0 Å². The van der Waals surface area contributed by atoms with Gasteiger partial charge in [0.25, 0.3) is 0 Å². The molecule has 0 heterocycles. The van der Waals surface area contributed by atoms with E-state index in [0.29, 0.717) is 11.6 Å². The predicted octanol–water partition coefficient (Wildman–Crippen LogP) is 13.7. The first-order valence-corrected chi connectivity index (χ1v) is 11.7. The van der Waals surface area contributed by atoms with Gasteiger partial charge in [-0.05, 0) is 65.0 Å². The zero-order valence-corrected chi connectivity index (χ0v) is 21.6. The SMILES string of the molecule is C.C.C.C.C.C.C.C.C.C.C.C.C.C.CC(=O)C(C)=O.CC(=O)C=C(C)C.CC1=CCCCC1=O.O=C1CC(=O)C1.O=C1CCCCC1. The molecule has 0 N–H and O–H groups in total. The van der Waals surface area contributed by atoms with E-state index >= 15 is 0 Å². The molecule has 2 fully saturated rings. The van der Waals surface area contributed by atoms with Crippen molar-refractivity contribution in [3.63, 3.8) is 0 Å². The molecule has 2 saturated carbocycles. The number of allylic oxidation sites excluding steroid dienone is 4. The number of carbonyl (C=O) groups is 7. The summed E-state index contributed by atoms with van der Waals surface area (Å²) in [5.74, 6) is 0.326. The normalized spacial score (nSPS) is 11.4. The summed E-state index contributed by atoms with van der Waals surface area (Å²) in [6.45, 7) is 9.75. The number of ketones is 7. The Balaban J connectivity index is -0.0000000178. The van der Waals surface area contributed by atoms with E-state index in [-0.39, 0.29) is 146 Å². The lowest BCUT2D eigenvalue weighted by Gasteiger charge is -2.05. The topological polar surface area (TPSA) is 119 Å². The first kappa shape index (κ1) is 104. The Hall–Kier alpha value is -2.83. The second-order valence-electron chi connectivity index (χ2n) is 8.68. The van der Waals surface area contributed by atoms with Gasteiger partial charge in [-0.15, -0.1) is 0 Å². The summed E-state index contributed by atoms with van der Waals surface area (Å²) in [6.07, 6.45) is 12.2. The molecule has 302 valence electrons. The van der Waals surface area contributed by atoms with Crippen molar-refractivity contribution in [1.82, 2.24) is 0 Å². The summed E-state index contributed by atoms with van der Waals surface area (Å²) < 4.78 is 0. The number of rotatable bonds is 2. The van der Waals surface area contributed by atoms with Crippen molar-refractivity contribution in [2.24, 2.45) is 0 Å². The lowest BCUT2D eigenvalue weighted by Crippen LogP contribution is -2.21. The van der Waals surface area contributed by atoms with Gasteiger partial charge in [-0.3, -0.25) is 33.6 Å². The molecule has 0 radical (unpaired) electrons. The Morgan fingerprint density at radius 2 is 0.833 bits per heavy atom. The third-order valence-electron chi connectivity index (χ3n) is 4.69. The molecule has 0 atom stereocenters. The van der Waals surface area contributed by atoms with Crippen LogP contribution in [0, 0.1) is 0 Å². The van der Waals surface area contributed by atoms with E-state index in [2.05, 4.69) is 0 Å². The van der Waals surface area contributed by atoms with Crippen molar-refractivity contribution < 1.29 is 33.6 Å². The Morgan fingerprint density at radius 1 is 0.500 bits per heavy atom. The van der Waals surface area contributed by atoms with E-state index < -0.39 is 0 Å². The standard InChI is InChI=1S/C7H10O.2C6H10O.C4H4O2.C4H6O2.14CH4/c1-6-4-2-3-5-7(6)8;7-6-4-2-1-3-5-6;1-5(2)4-6(3)7;5-3-1-4(6)2-3;1-3(5)4(2)6;;;;;;;;;;;;;;/h4H,2-3,5H2,1H3;1-5H2;4H,1-3H3;1-2H2;1-2H3;14*1H4. The molecular weight excluding hydrogens is 604 g/mol. The van der Waals surface area contributed by atoms with Crippen LogP contribution in [0.15, 0.2) is 23.3 Å². The molecule has 3 rings (SSSR count). The van der Waals surface area contributed by atoms with E-state index in [1.165, 1.54) is 20.3 Å². The molecule has 0 unspecified atom stereocenters. The highest BCUT2D eigenvalue weighted by Crippen LogP contribution is 2.12. The summed E-state index contributed by atoms with van der Waals surface area (Å²) in [7, 11) is 0. The molecule has 7 nitrogen and oxygen atoms in total. The van der Waals surface area contributed by atoms with Gasteiger partial charge in [0.1, 0.15) is 17.3 Å². The van der Waals surface area contributed by atoms with Crippen molar-refractivity contribution in [3.8, 4) is 0 Å². The molecule has 0 spiro atoms. The molecule has 0 aliphatic heterocycles. The molecule has 7 heteroatoms. The van der Waals surface area contributed by atoms with Crippen LogP contribution in [-0.4, -0.2) is 40.5 Å². The molecule has 0 saturated heterocycles. The second-order valence-corrected chi connectivity index (χ2v) is 8.68. The second kappa shape index (κ2) is 62.9. The van der Waals surface area contributed by atoms with Crippen LogP contribution in [0.1, 0.15) is 210 Å². The van der Waals surface area contributed by atoms with E-state index in [1.54, 1.807) is 13.0 Å². The third-order valence-corrected chi connectivity index (χ3v) is 4.69. The van der Waals surface area contributed by atoms with Gasteiger partial charge in [0.05, 0.1) is 12.8 Å². The molecule has 0 aromatic heterocycles. The predicted molar refractivity (Wildman–Crippen MR) is 226 cm³/mol. The first-order chi connectivity index (χ1) is 15.8. The summed E-state index contributed by atoms with van der Waals surface area (Å²) in [5, 5.41) is 0. The minimum absolute atomic E-state index is 0. The molecule has 48 heavy (non-hydrogen) atoms. The summed E-state index contributed by atoms with van der Waals surface area (Å²) >= 11 is 0. The molecule has 0 amide bonds. The smallest absolute Gasteiger partial charge is 0.195 e. The molecule has 3 aliphatic rings. The summed E-state index contributed by atoms with van der Waals surface area (Å²) in [5.41, 5.74) is 2.02. The fourth-order valence-electron chi connectivity index (χ4n) is 2.63. The van der Waals surface area contributed by atoms with Crippen LogP contribution in [-0.2, 0) is 33.6 Å². The summed E-state index contributed by atoms with van der Waals surface area (Å²) in [4.78, 5) is 70.7. The molecule has 3 aliphatic carbocycles. The van der Waals surface area contributed by atoms with Crippen molar-refractivity contribution in [3.05, 3.63) is 23.3 Å². The van der Waals surface area contributed by atoms with Gasteiger partial charge in [0.15, 0.2) is 23.1 Å². The van der Waals surface area contributed by atoms with Crippen molar-refractivity contribution >= 4 is 40.5 Å². The quantitative estimate of drug-likeness (QED) is 0.160. The number of carbonyl (C=O) groups excluding carboxylic acids is 7. The van der Waals surface area contributed by atoms with Crippen molar-refractivity contribution in [2.75, 3.05) is 0 Å². The minimum Gasteiger partial charge on any atom is -0.300 e. The maximum atomic E-state index is 10.7. The van der Waals surface area contributed by atoms with Crippen LogP contribution in [0.3, 0.4) is 0 Å². The fourth-order valence-corrected chi connectivity index (χ4v) is 2.63. The van der Waals surface area contributed by atoms with Crippen molar-refractivity contribution in [2.45, 2.75) is 210 Å². The van der Waals surface area contributed by atoms with Crippen LogP contribution >= 0.6 is 0 Å². The minimum atomic E-state index is -0.380. The average Bonchev–Trinajstić information content (AvgIpc) is 2.71. The van der Waals surface area contributed by atoms with E-state index in [0.717, 1.165) is 56.1 Å². The van der Waals surface area contributed by atoms with Gasteiger partial charge < -0.3 is 0 Å². The highest BCUT2D eigenvalue weighted by atomic mass is 16.2. The zero-order valence-electron chi connectivity index (χ0n) is 21.6. The van der Waals surface area contributed by atoms with Gasteiger partial charge in [-0.25, -0.2) is 0 Å². The Bertz CT molecular complexity index is 771. The van der Waals surface area contributed by atoms with E-state index in [9.17, 15) is 33.6 Å². The van der Waals surface area contributed by atoms with Crippen LogP contribution < -0.4 is 0 Å². The number of hydrogen-bond acceptors (Lipinski definition) is 7. The Morgan fingerprint density at radius 3 is 0.938 bits per heavy atom. The van der Waals surface area contributed by atoms with Crippen LogP contribution in [0.4, 0.5) is 0 Å². The highest BCUT2D eigenvalue weighted by molar-refractivity contribution is 6.35. The van der Waals surface area contributed by atoms with Gasteiger partial charge in [-0.2, -0.15) is 0 Å². The Labute approximate surface area is 306 Å². The van der Waals surface area contributed by atoms with Gasteiger partial charge >= 0.3 is 0 Å². The monoisotopic (exact) mass is 701 g/mol. The lowest BCUT2D eigenvalue weighted by atomic mass is 9.97. The highest BCUT2D eigenvalue weighted by Gasteiger charge is 2.21. The molecule has 0 bridgehead atoms. The largest absolute Gasteiger partial charge is 0.300 e. The molecule has 0 aromatic rings. The number of hydrogen-bond donors (Lipinski definition) is 0. The maximum Gasteiger partial charge on any atom is 0.195 e. The van der Waals surface area contributed by atoms with Gasteiger partial charge in [-0.1, -0.05) is 122 Å². The van der Waals surface area contributed by atoms with E-state index in [1.807, 2.05) is 26.8 Å². The summed E-state index contributed by atoms with van der Waals surface area (Å²) in [6, 6.07) is 0.